The highest BCUT2D eigenvalue weighted by molar-refractivity contribution is 9.09. The Kier molecular flexibility index (Phi) is 5.47. The number of hydrogen-bond acceptors (Lipinski definition) is 1. The Morgan fingerprint density at radius 1 is 1.31 bits per heavy atom. The van der Waals surface area contributed by atoms with Crippen molar-refractivity contribution in [1.29, 1.82) is 0 Å². The van der Waals surface area contributed by atoms with E-state index < -0.39 is 11.0 Å². The Bertz CT molecular complexity index is 343. The van der Waals surface area contributed by atoms with Gasteiger partial charge >= 0.3 is 6.18 Å². The first-order chi connectivity index (χ1) is 7.41. The Morgan fingerprint density at radius 3 is 2.50 bits per heavy atom. The number of hydrogen-bond donors (Lipinski definition) is 0. The second kappa shape index (κ2) is 6.17. The fourth-order valence-electron chi connectivity index (χ4n) is 0.982. The van der Waals surface area contributed by atoms with Crippen LogP contribution in [0, 0.1) is 0 Å². The van der Waals surface area contributed by atoms with Crippen LogP contribution in [-0.2, 0) is 5.75 Å². The van der Waals surface area contributed by atoms with Crippen LogP contribution in [0.1, 0.15) is 5.56 Å². The minimum absolute atomic E-state index is 0.0191. The molecule has 0 aliphatic carbocycles. The maximum absolute atomic E-state index is 12.2. The van der Waals surface area contributed by atoms with Crippen molar-refractivity contribution in [1.82, 2.24) is 0 Å². The van der Waals surface area contributed by atoms with Gasteiger partial charge in [0.2, 0.25) is 0 Å². The molecule has 0 aliphatic rings. The zero-order valence-corrected chi connectivity index (χ0v) is 11.3. The SMILES string of the molecule is FC(F)(F)C(Br)CSCc1ccccc1Cl. The molecule has 16 heavy (non-hydrogen) atoms. The van der Waals surface area contributed by atoms with E-state index in [1.807, 2.05) is 12.1 Å². The van der Waals surface area contributed by atoms with Crippen molar-refractivity contribution in [2.45, 2.75) is 16.8 Å². The molecule has 0 heterocycles. The number of halogens is 5. The molecule has 1 aromatic rings. The Hall–Kier alpha value is 0.130. The van der Waals surface area contributed by atoms with Crippen molar-refractivity contribution in [2.75, 3.05) is 5.75 Å². The number of rotatable bonds is 4. The standard InChI is InChI=1S/C10H9BrClF3S/c11-9(10(13,14)15)6-16-5-7-3-1-2-4-8(7)12/h1-4,9H,5-6H2. The molecule has 1 atom stereocenters. The van der Waals surface area contributed by atoms with Gasteiger partial charge in [0.25, 0.3) is 0 Å². The summed E-state index contributed by atoms with van der Waals surface area (Å²) in [6.45, 7) is 0. The highest BCUT2D eigenvalue weighted by Gasteiger charge is 2.37. The third-order valence-electron chi connectivity index (χ3n) is 1.83. The molecule has 0 nitrogen and oxygen atoms in total. The molecule has 0 amide bonds. The quantitative estimate of drug-likeness (QED) is 0.706. The summed E-state index contributed by atoms with van der Waals surface area (Å²) >= 11 is 9.70. The molecule has 0 bridgehead atoms. The molecule has 0 saturated heterocycles. The summed E-state index contributed by atoms with van der Waals surface area (Å²) in [7, 11) is 0. The third kappa shape index (κ3) is 4.55. The van der Waals surface area contributed by atoms with Crippen molar-refractivity contribution in [3.63, 3.8) is 0 Å². The molecule has 0 N–H and O–H groups in total. The Morgan fingerprint density at radius 2 is 1.94 bits per heavy atom. The van der Waals surface area contributed by atoms with E-state index in [9.17, 15) is 13.2 Å². The minimum atomic E-state index is -4.19. The van der Waals surface area contributed by atoms with Gasteiger partial charge in [0.15, 0.2) is 0 Å². The molecule has 0 fully saturated rings. The predicted molar refractivity (Wildman–Crippen MR) is 66.4 cm³/mol. The van der Waals surface area contributed by atoms with Gasteiger partial charge in [-0.1, -0.05) is 45.7 Å². The maximum Gasteiger partial charge on any atom is 0.402 e. The van der Waals surface area contributed by atoms with Crippen molar-refractivity contribution in [3.8, 4) is 0 Å². The predicted octanol–water partition coefficient (Wildman–Crippen LogP) is 4.90. The molecular weight excluding hydrogens is 325 g/mol. The average Bonchev–Trinajstić information content (AvgIpc) is 2.19. The third-order valence-corrected chi connectivity index (χ3v) is 4.56. The Labute approximate surface area is 110 Å². The summed E-state index contributed by atoms with van der Waals surface area (Å²) < 4.78 is 36.5. The molecule has 0 spiro atoms. The normalized spacial score (nSPS) is 13.8. The summed E-state index contributed by atoms with van der Waals surface area (Å²) in [6, 6.07) is 7.15. The van der Waals surface area contributed by atoms with Gasteiger partial charge in [-0.25, -0.2) is 0 Å². The molecule has 1 rings (SSSR count). The van der Waals surface area contributed by atoms with E-state index in [1.54, 1.807) is 12.1 Å². The van der Waals surface area contributed by atoms with Crippen LogP contribution in [0.15, 0.2) is 24.3 Å². The number of alkyl halides is 4. The molecule has 90 valence electrons. The smallest absolute Gasteiger partial charge is 0.170 e. The molecule has 0 aliphatic heterocycles. The van der Waals surface area contributed by atoms with Gasteiger partial charge in [0.1, 0.15) is 4.83 Å². The summed E-state index contributed by atoms with van der Waals surface area (Å²) in [5.74, 6) is 0.465. The molecular formula is C10H9BrClF3S. The lowest BCUT2D eigenvalue weighted by molar-refractivity contribution is -0.122. The van der Waals surface area contributed by atoms with Crippen molar-refractivity contribution < 1.29 is 13.2 Å². The second-order valence-corrected chi connectivity index (χ2v) is 5.66. The fourth-order valence-corrected chi connectivity index (χ4v) is 2.81. The summed E-state index contributed by atoms with van der Waals surface area (Å²) in [5, 5.41) is 0.591. The average molecular weight is 334 g/mol. The van der Waals surface area contributed by atoms with E-state index in [4.69, 9.17) is 11.6 Å². The lowest BCUT2D eigenvalue weighted by Gasteiger charge is -2.13. The lowest BCUT2D eigenvalue weighted by Crippen LogP contribution is -2.24. The largest absolute Gasteiger partial charge is 0.402 e. The van der Waals surface area contributed by atoms with Crippen LogP contribution in [0.4, 0.5) is 13.2 Å². The minimum Gasteiger partial charge on any atom is -0.170 e. The summed E-state index contributed by atoms with van der Waals surface area (Å²) in [4.78, 5) is -1.47. The fraction of sp³-hybridized carbons (Fsp3) is 0.400. The van der Waals surface area contributed by atoms with Gasteiger partial charge in [0, 0.05) is 16.5 Å². The molecule has 1 unspecified atom stereocenters. The zero-order valence-electron chi connectivity index (χ0n) is 8.10. The van der Waals surface area contributed by atoms with Crippen LogP contribution < -0.4 is 0 Å². The van der Waals surface area contributed by atoms with Crippen molar-refractivity contribution >= 4 is 39.3 Å². The van der Waals surface area contributed by atoms with E-state index in [1.165, 1.54) is 11.8 Å². The molecule has 0 aromatic heterocycles. The monoisotopic (exact) mass is 332 g/mol. The lowest BCUT2D eigenvalue weighted by atomic mass is 10.2. The maximum atomic E-state index is 12.2. The van der Waals surface area contributed by atoms with Crippen LogP contribution in [0.25, 0.3) is 0 Å². The highest BCUT2D eigenvalue weighted by atomic mass is 79.9. The molecule has 1 aromatic carbocycles. The van der Waals surface area contributed by atoms with Gasteiger partial charge in [0.05, 0.1) is 0 Å². The van der Waals surface area contributed by atoms with Crippen LogP contribution in [-0.4, -0.2) is 16.8 Å². The van der Waals surface area contributed by atoms with E-state index in [0.29, 0.717) is 10.8 Å². The molecule has 6 heteroatoms. The van der Waals surface area contributed by atoms with E-state index >= 15 is 0 Å². The first-order valence-corrected chi connectivity index (χ1v) is 6.88. The van der Waals surface area contributed by atoms with Crippen molar-refractivity contribution in [2.24, 2.45) is 0 Å². The first kappa shape index (κ1) is 14.2. The van der Waals surface area contributed by atoms with Crippen LogP contribution >= 0.6 is 39.3 Å². The van der Waals surface area contributed by atoms with Gasteiger partial charge < -0.3 is 0 Å². The molecule has 0 radical (unpaired) electrons. The topological polar surface area (TPSA) is 0 Å². The van der Waals surface area contributed by atoms with Crippen molar-refractivity contribution in [3.05, 3.63) is 34.9 Å². The van der Waals surface area contributed by atoms with Gasteiger partial charge in [-0.15, -0.1) is 0 Å². The first-order valence-electron chi connectivity index (χ1n) is 4.43. The van der Waals surface area contributed by atoms with E-state index in [-0.39, 0.29) is 5.75 Å². The van der Waals surface area contributed by atoms with Gasteiger partial charge in [-0.3, -0.25) is 0 Å². The summed E-state index contributed by atoms with van der Waals surface area (Å²) in [5.41, 5.74) is 0.857. The zero-order chi connectivity index (χ0) is 12.2. The number of thioether (sulfide) groups is 1. The van der Waals surface area contributed by atoms with Crippen LogP contribution in [0.2, 0.25) is 5.02 Å². The summed E-state index contributed by atoms with van der Waals surface area (Å²) in [6.07, 6.45) is -4.19. The van der Waals surface area contributed by atoms with Gasteiger partial charge in [-0.05, 0) is 11.6 Å². The number of benzene rings is 1. The second-order valence-electron chi connectivity index (χ2n) is 3.12. The van der Waals surface area contributed by atoms with E-state index in [0.717, 1.165) is 5.56 Å². The highest BCUT2D eigenvalue weighted by Crippen LogP contribution is 2.30. The molecule has 0 saturated carbocycles. The van der Waals surface area contributed by atoms with E-state index in [2.05, 4.69) is 15.9 Å². The van der Waals surface area contributed by atoms with Crippen LogP contribution in [0.5, 0.6) is 0 Å². The van der Waals surface area contributed by atoms with Crippen LogP contribution in [0.3, 0.4) is 0 Å². The van der Waals surface area contributed by atoms with Gasteiger partial charge in [-0.2, -0.15) is 24.9 Å². The Balaban J connectivity index is 2.40.